The quantitative estimate of drug-likeness (QED) is 0.937. The molecule has 6 heteroatoms. The van der Waals surface area contributed by atoms with Gasteiger partial charge in [0.15, 0.2) is 5.65 Å². The summed E-state index contributed by atoms with van der Waals surface area (Å²) in [4.78, 5) is 11.3. The number of fused-ring (bicyclic) bond motifs is 2. The standard InChI is InChI=1S/C16H23N5O/c22-8-7-21-16-14(9-19-21)15(17-11-18-16)20-6-5-12-3-1-2-4-13(12)10-20/h9,11-13,22H,1-8,10H2/t12-,13+/m1/s1. The van der Waals surface area contributed by atoms with E-state index in [2.05, 4.69) is 20.0 Å². The molecule has 1 N–H and O–H groups in total. The fraction of sp³-hybridized carbons (Fsp3) is 0.688. The average molecular weight is 301 g/mol. The summed E-state index contributed by atoms with van der Waals surface area (Å²) in [5.41, 5.74) is 0.824. The zero-order valence-corrected chi connectivity index (χ0v) is 12.9. The summed E-state index contributed by atoms with van der Waals surface area (Å²) in [5.74, 6) is 2.75. The van der Waals surface area contributed by atoms with Crippen molar-refractivity contribution in [3.8, 4) is 0 Å². The summed E-state index contributed by atoms with van der Waals surface area (Å²) in [5, 5.41) is 14.5. The van der Waals surface area contributed by atoms with Gasteiger partial charge in [-0.1, -0.05) is 19.3 Å². The Morgan fingerprint density at radius 1 is 1.14 bits per heavy atom. The van der Waals surface area contributed by atoms with Gasteiger partial charge in [-0.05, 0) is 24.7 Å². The third-order valence-corrected chi connectivity index (χ3v) is 5.32. The highest BCUT2D eigenvalue weighted by atomic mass is 16.3. The van der Waals surface area contributed by atoms with Gasteiger partial charge in [-0.15, -0.1) is 0 Å². The van der Waals surface area contributed by atoms with E-state index in [9.17, 15) is 0 Å². The largest absolute Gasteiger partial charge is 0.394 e. The fourth-order valence-electron chi connectivity index (χ4n) is 4.18. The second-order valence-electron chi connectivity index (χ2n) is 6.57. The molecule has 2 aromatic rings. The molecule has 2 aromatic heterocycles. The number of anilines is 1. The third-order valence-electron chi connectivity index (χ3n) is 5.32. The van der Waals surface area contributed by atoms with Crippen LogP contribution in [0.2, 0.25) is 0 Å². The van der Waals surface area contributed by atoms with Gasteiger partial charge in [0.1, 0.15) is 12.1 Å². The van der Waals surface area contributed by atoms with Gasteiger partial charge in [0.25, 0.3) is 0 Å². The smallest absolute Gasteiger partial charge is 0.163 e. The fourth-order valence-corrected chi connectivity index (χ4v) is 4.18. The Balaban J connectivity index is 1.63. The number of nitrogens with zero attached hydrogens (tertiary/aromatic N) is 5. The average Bonchev–Trinajstić information content (AvgIpc) is 2.98. The Hall–Kier alpha value is -1.69. The molecule has 0 unspecified atom stereocenters. The van der Waals surface area contributed by atoms with Crippen LogP contribution in [0.5, 0.6) is 0 Å². The first kappa shape index (κ1) is 13.9. The Kier molecular flexibility index (Phi) is 3.70. The number of piperidine rings is 1. The summed E-state index contributed by atoms with van der Waals surface area (Å²) in [7, 11) is 0. The number of aromatic nitrogens is 4. The van der Waals surface area contributed by atoms with Gasteiger partial charge >= 0.3 is 0 Å². The minimum atomic E-state index is 0.0730. The molecule has 2 atom stereocenters. The van der Waals surface area contributed by atoms with Crippen LogP contribution < -0.4 is 4.90 Å². The van der Waals surface area contributed by atoms with Gasteiger partial charge in [0.2, 0.25) is 0 Å². The zero-order chi connectivity index (χ0) is 14.9. The summed E-state index contributed by atoms with van der Waals surface area (Å²) in [6, 6.07) is 0. The van der Waals surface area contributed by atoms with Crippen molar-refractivity contribution >= 4 is 16.9 Å². The summed E-state index contributed by atoms with van der Waals surface area (Å²) in [6.07, 6.45) is 10.3. The molecule has 1 saturated heterocycles. The SMILES string of the molecule is OCCn1ncc2c(N3CC[C@H]4CCCC[C@H]4C3)ncnc21. The number of rotatable bonds is 3. The van der Waals surface area contributed by atoms with Crippen LogP contribution in [0, 0.1) is 11.8 Å². The molecule has 2 fully saturated rings. The van der Waals surface area contributed by atoms with E-state index in [4.69, 9.17) is 5.11 Å². The van der Waals surface area contributed by atoms with E-state index in [-0.39, 0.29) is 6.61 Å². The minimum Gasteiger partial charge on any atom is -0.394 e. The molecule has 0 aromatic carbocycles. The Labute approximate surface area is 130 Å². The van der Waals surface area contributed by atoms with Gasteiger partial charge < -0.3 is 10.0 Å². The van der Waals surface area contributed by atoms with Crippen molar-refractivity contribution in [3.05, 3.63) is 12.5 Å². The Morgan fingerprint density at radius 3 is 2.86 bits per heavy atom. The van der Waals surface area contributed by atoms with Crippen molar-refractivity contribution in [2.75, 3.05) is 24.6 Å². The van der Waals surface area contributed by atoms with Gasteiger partial charge in [0, 0.05) is 13.1 Å². The van der Waals surface area contributed by atoms with E-state index in [1.165, 1.54) is 32.1 Å². The lowest BCUT2D eigenvalue weighted by Gasteiger charge is -2.41. The maximum Gasteiger partial charge on any atom is 0.163 e. The maximum atomic E-state index is 9.13. The lowest BCUT2D eigenvalue weighted by atomic mass is 9.75. The predicted molar refractivity (Wildman–Crippen MR) is 84.7 cm³/mol. The molecular weight excluding hydrogens is 278 g/mol. The number of hydrogen-bond acceptors (Lipinski definition) is 5. The highest BCUT2D eigenvalue weighted by Crippen LogP contribution is 2.38. The molecule has 3 heterocycles. The van der Waals surface area contributed by atoms with Crippen molar-refractivity contribution in [3.63, 3.8) is 0 Å². The topological polar surface area (TPSA) is 67.1 Å². The Bertz CT molecular complexity index is 655. The van der Waals surface area contributed by atoms with E-state index < -0.39 is 0 Å². The first-order valence-electron chi connectivity index (χ1n) is 8.39. The number of aliphatic hydroxyl groups excluding tert-OH is 1. The molecule has 1 aliphatic carbocycles. The maximum absolute atomic E-state index is 9.13. The van der Waals surface area contributed by atoms with Crippen LogP contribution in [0.3, 0.4) is 0 Å². The highest BCUT2D eigenvalue weighted by Gasteiger charge is 2.32. The molecular formula is C16H23N5O. The molecule has 2 aliphatic rings. The minimum absolute atomic E-state index is 0.0730. The van der Waals surface area contributed by atoms with Crippen LogP contribution in [-0.2, 0) is 6.54 Å². The van der Waals surface area contributed by atoms with Crippen molar-refractivity contribution in [2.45, 2.75) is 38.6 Å². The first-order valence-corrected chi connectivity index (χ1v) is 8.39. The molecule has 0 amide bonds. The first-order chi connectivity index (χ1) is 10.9. The summed E-state index contributed by atoms with van der Waals surface area (Å²) < 4.78 is 1.76. The van der Waals surface area contributed by atoms with Gasteiger partial charge in [-0.25, -0.2) is 14.6 Å². The molecule has 4 rings (SSSR count). The van der Waals surface area contributed by atoms with Gasteiger partial charge in [0.05, 0.1) is 24.7 Å². The highest BCUT2D eigenvalue weighted by molar-refractivity contribution is 5.86. The van der Waals surface area contributed by atoms with Crippen molar-refractivity contribution in [1.82, 2.24) is 19.7 Å². The van der Waals surface area contributed by atoms with E-state index in [1.807, 2.05) is 6.20 Å². The predicted octanol–water partition coefficient (Wildman–Crippen LogP) is 1.84. The van der Waals surface area contributed by atoms with E-state index in [1.54, 1.807) is 11.0 Å². The van der Waals surface area contributed by atoms with Crippen molar-refractivity contribution < 1.29 is 5.11 Å². The third kappa shape index (κ3) is 2.35. The van der Waals surface area contributed by atoms with Crippen LogP contribution in [0.1, 0.15) is 32.1 Å². The molecule has 6 nitrogen and oxygen atoms in total. The van der Waals surface area contributed by atoms with Gasteiger partial charge in [-0.2, -0.15) is 5.10 Å². The van der Waals surface area contributed by atoms with Crippen LogP contribution >= 0.6 is 0 Å². The molecule has 1 aliphatic heterocycles. The lowest BCUT2D eigenvalue weighted by Crippen LogP contribution is -2.42. The van der Waals surface area contributed by atoms with Crippen molar-refractivity contribution in [1.29, 1.82) is 0 Å². The zero-order valence-electron chi connectivity index (χ0n) is 12.9. The molecule has 22 heavy (non-hydrogen) atoms. The molecule has 0 bridgehead atoms. The lowest BCUT2D eigenvalue weighted by molar-refractivity contribution is 0.202. The van der Waals surface area contributed by atoms with E-state index >= 15 is 0 Å². The van der Waals surface area contributed by atoms with Crippen LogP contribution in [0.4, 0.5) is 5.82 Å². The molecule has 118 valence electrons. The second kappa shape index (κ2) is 5.83. The second-order valence-corrected chi connectivity index (χ2v) is 6.57. The van der Waals surface area contributed by atoms with E-state index in [0.29, 0.717) is 6.54 Å². The number of hydrogen-bond donors (Lipinski definition) is 1. The van der Waals surface area contributed by atoms with Crippen LogP contribution in [0.25, 0.3) is 11.0 Å². The monoisotopic (exact) mass is 301 g/mol. The molecule has 0 spiro atoms. The van der Waals surface area contributed by atoms with E-state index in [0.717, 1.165) is 41.8 Å². The van der Waals surface area contributed by atoms with Crippen LogP contribution in [0.15, 0.2) is 12.5 Å². The molecule has 1 saturated carbocycles. The Morgan fingerprint density at radius 2 is 2.00 bits per heavy atom. The normalized spacial score (nSPS) is 25.4. The summed E-state index contributed by atoms with van der Waals surface area (Å²) in [6.45, 7) is 2.74. The number of aliphatic hydroxyl groups is 1. The van der Waals surface area contributed by atoms with Crippen molar-refractivity contribution in [2.24, 2.45) is 11.8 Å². The summed E-state index contributed by atoms with van der Waals surface area (Å²) >= 11 is 0. The van der Waals surface area contributed by atoms with Crippen LogP contribution in [-0.4, -0.2) is 44.6 Å². The van der Waals surface area contributed by atoms with Gasteiger partial charge in [-0.3, -0.25) is 0 Å². The molecule has 0 radical (unpaired) electrons.